The van der Waals surface area contributed by atoms with Gasteiger partial charge in [0.25, 0.3) is 5.91 Å². The molecule has 0 atom stereocenters. The van der Waals surface area contributed by atoms with Crippen molar-refractivity contribution in [1.29, 1.82) is 0 Å². The molecule has 2 N–H and O–H groups in total. The van der Waals surface area contributed by atoms with Crippen LogP contribution in [0, 0.1) is 6.92 Å². The van der Waals surface area contributed by atoms with E-state index >= 15 is 0 Å². The van der Waals surface area contributed by atoms with Gasteiger partial charge >= 0.3 is 5.97 Å². The number of benzene rings is 2. The van der Waals surface area contributed by atoms with E-state index in [1.807, 2.05) is 25.1 Å². The van der Waals surface area contributed by atoms with Gasteiger partial charge in [0, 0.05) is 5.57 Å². The number of nitrogens with one attached hydrogen (secondary N) is 1. The summed E-state index contributed by atoms with van der Waals surface area (Å²) >= 11 is 0. The predicted molar refractivity (Wildman–Crippen MR) is 96.1 cm³/mol. The highest BCUT2D eigenvalue weighted by molar-refractivity contribution is 6.09. The molecule has 0 fully saturated rings. The van der Waals surface area contributed by atoms with Crippen LogP contribution in [0.4, 0.5) is 5.69 Å². The lowest BCUT2D eigenvalue weighted by Gasteiger charge is -2.18. The highest BCUT2D eigenvalue weighted by Gasteiger charge is 2.19. The molecule has 1 amide bonds. The Bertz CT molecular complexity index is 883. The molecule has 0 saturated heterocycles. The Hall–Kier alpha value is -3.08. The number of aromatic carboxylic acids is 1. The number of anilines is 1. The minimum absolute atomic E-state index is 0.0771. The lowest BCUT2D eigenvalue weighted by molar-refractivity contribution is -0.112. The number of amides is 1. The minimum Gasteiger partial charge on any atom is -0.496 e. The fourth-order valence-corrected chi connectivity index (χ4v) is 3.01. The Morgan fingerprint density at radius 2 is 1.92 bits per heavy atom. The zero-order valence-electron chi connectivity index (χ0n) is 14.1. The zero-order valence-corrected chi connectivity index (χ0v) is 14.1. The van der Waals surface area contributed by atoms with E-state index in [1.54, 1.807) is 25.3 Å². The number of carbonyl (C=O) groups excluding carboxylic acids is 1. The van der Waals surface area contributed by atoms with E-state index in [2.05, 4.69) is 5.32 Å². The van der Waals surface area contributed by atoms with Gasteiger partial charge in [-0.15, -0.1) is 0 Å². The molecule has 0 aromatic heterocycles. The van der Waals surface area contributed by atoms with Gasteiger partial charge < -0.3 is 15.2 Å². The Kier molecular flexibility index (Phi) is 4.57. The Morgan fingerprint density at radius 3 is 2.64 bits per heavy atom. The second-order valence-electron chi connectivity index (χ2n) is 6.00. The first kappa shape index (κ1) is 16.8. The van der Waals surface area contributed by atoms with Crippen molar-refractivity contribution >= 4 is 23.6 Å². The van der Waals surface area contributed by atoms with Crippen molar-refractivity contribution in [3.63, 3.8) is 0 Å². The van der Waals surface area contributed by atoms with Gasteiger partial charge in [-0.25, -0.2) is 4.79 Å². The predicted octanol–water partition coefficient (Wildman–Crippen LogP) is 3.67. The second-order valence-corrected chi connectivity index (χ2v) is 6.00. The van der Waals surface area contributed by atoms with E-state index in [9.17, 15) is 14.7 Å². The molecule has 0 saturated carbocycles. The van der Waals surface area contributed by atoms with Crippen molar-refractivity contribution in [2.75, 3.05) is 12.4 Å². The molecule has 2 aromatic carbocycles. The summed E-state index contributed by atoms with van der Waals surface area (Å²) < 4.78 is 5.34. The average Bonchev–Trinajstić information content (AvgIpc) is 2.60. The summed E-state index contributed by atoms with van der Waals surface area (Å²) in [6.07, 6.45) is 3.20. The first-order chi connectivity index (χ1) is 12.0. The number of rotatable bonds is 4. The van der Waals surface area contributed by atoms with Crippen LogP contribution in [0.3, 0.4) is 0 Å². The van der Waals surface area contributed by atoms with Gasteiger partial charge in [-0.3, -0.25) is 4.79 Å². The Labute approximate surface area is 145 Å². The summed E-state index contributed by atoms with van der Waals surface area (Å²) in [5.41, 5.74) is 4.17. The molecule has 5 heteroatoms. The summed E-state index contributed by atoms with van der Waals surface area (Å²) in [4.78, 5) is 23.8. The van der Waals surface area contributed by atoms with E-state index < -0.39 is 5.97 Å². The van der Waals surface area contributed by atoms with Gasteiger partial charge in [-0.2, -0.15) is 0 Å². The van der Waals surface area contributed by atoms with Crippen molar-refractivity contribution in [1.82, 2.24) is 0 Å². The molecule has 0 heterocycles. The van der Waals surface area contributed by atoms with Gasteiger partial charge in [0.15, 0.2) is 0 Å². The summed E-state index contributed by atoms with van der Waals surface area (Å²) in [7, 11) is 1.65. The first-order valence-electron chi connectivity index (χ1n) is 8.01. The molecule has 0 spiro atoms. The third-order valence-electron chi connectivity index (χ3n) is 4.35. The van der Waals surface area contributed by atoms with E-state index in [4.69, 9.17) is 4.74 Å². The second kappa shape index (κ2) is 6.81. The minimum atomic E-state index is -1.07. The number of methoxy groups -OCH3 is 1. The molecule has 25 heavy (non-hydrogen) atoms. The Morgan fingerprint density at radius 1 is 1.16 bits per heavy atom. The third-order valence-corrected chi connectivity index (χ3v) is 4.35. The molecule has 1 aliphatic rings. The van der Waals surface area contributed by atoms with Crippen molar-refractivity contribution < 1.29 is 19.4 Å². The van der Waals surface area contributed by atoms with Crippen LogP contribution >= 0.6 is 0 Å². The van der Waals surface area contributed by atoms with E-state index in [0.717, 1.165) is 28.9 Å². The van der Waals surface area contributed by atoms with Gasteiger partial charge in [-0.1, -0.05) is 12.1 Å². The summed E-state index contributed by atoms with van der Waals surface area (Å²) in [6.45, 7) is 1.96. The number of carboxylic acid groups (broad SMARTS) is 1. The molecule has 2 aromatic rings. The van der Waals surface area contributed by atoms with Gasteiger partial charge in [0.2, 0.25) is 0 Å². The number of carbonyl (C=O) groups is 2. The maximum Gasteiger partial charge on any atom is 0.337 e. The number of ether oxygens (including phenoxy) is 1. The fraction of sp³-hybridized carbons (Fsp3) is 0.200. The van der Waals surface area contributed by atoms with Gasteiger partial charge in [0.05, 0.1) is 18.4 Å². The number of carboxylic acids is 1. The smallest absolute Gasteiger partial charge is 0.337 e. The number of hydrogen-bond donors (Lipinski definition) is 2. The lowest BCUT2D eigenvalue weighted by atomic mass is 9.90. The summed E-state index contributed by atoms with van der Waals surface area (Å²) in [5.74, 6) is -0.496. The number of aryl methyl sites for hydroxylation is 2. The number of hydrogen-bond acceptors (Lipinski definition) is 3. The number of para-hydroxylation sites is 1. The maximum atomic E-state index is 12.6. The van der Waals surface area contributed by atoms with Crippen LogP contribution in [0.15, 0.2) is 42.0 Å². The molecule has 5 nitrogen and oxygen atoms in total. The van der Waals surface area contributed by atoms with Crippen LogP contribution in [0.2, 0.25) is 0 Å². The van der Waals surface area contributed by atoms with Crippen LogP contribution < -0.4 is 10.1 Å². The molecule has 3 rings (SSSR count). The van der Waals surface area contributed by atoms with E-state index in [0.29, 0.717) is 17.7 Å². The zero-order chi connectivity index (χ0) is 18.0. The first-order valence-corrected chi connectivity index (χ1v) is 8.01. The van der Waals surface area contributed by atoms with Gasteiger partial charge in [0.1, 0.15) is 5.75 Å². The molecule has 0 aliphatic heterocycles. The van der Waals surface area contributed by atoms with E-state index in [-0.39, 0.29) is 11.5 Å². The quantitative estimate of drug-likeness (QED) is 0.892. The molecule has 0 bridgehead atoms. The van der Waals surface area contributed by atoms with Crippen LogP contribution in [0.25, 0.3) is 6.08 Å². The maximum absolute atomic E-state index is 12.6. The monoisotopic (exact) mass is 337 g/mol. The molecule has 0 unspecified atom stereocenters. The highest BCUT2D eigenvalue weighted by atomic mass is 16.5. The van der Waals surface area contributed by atoms with Gasteiger partial charge in [-0.05, 0) is 66.8 Å². The van der Waals surface area contributed by atoms with Crippen molar-refractivity contribution in [3.05, 3.63) is 64.2 Å². The van der Waals surface area contributed by atoms with Crippen LogP contribution in [-0.4, -0.2) is 24.1 Å². The molecule has 1 aliphatic carbocycles. The van der Waals surface area contributed by atoms with E-state index in [1.165, 1.54) is 6.07 Å². The fourth-order valence-electron chi connectivity index (χ4n) is 3.01. The third kappa shape index (κ3) is 3.40. The largest absolute Gasteiger partial charge is 0.496 e. The number of fused-ring (bicyclic) bond motifs is 1. The normalized spacial score (nSPS) is 12.8. The lowest BCUT2D eigenvalue weighted by Crippen LogP contribution is -2.18. The molecule has 128 valence electrons. The van der Waals surface area contributed by atoms with Crippen LogP contribution in [0.1, 0.15) is 33.5 Å². The molecule has 0 radical (unpaired) electrons. The topological polar surface area (TPSA) is 75.6 Å². The molecular formula is C20H19NO4. The van der Waals surface area contributed by atoms with Crippen molar-refractivity contribution in [2.24, 2.45) is 0 Å². The summed E-state index contributed by atoms with van der Waals surface area (Å²) in [6, 6.07) is 10.4. The SMILES string of the molecule is COc1cc2c(cc1C)C=C(C(=O)Nc1ccccc1C(=O)O)CC2. The Balaban J connectivity index is 1.87. The average molecular weight is 337 g/mol. The molecular weight excluding hydrogens is 318 g/mol. The van der Waals surface area contributed by atoms with Crippen LogP contribution in [0.5, 0.6) is 5.75 Å². The standard InChI is InChI=1S/C20H19NO4/c1-12-9-15-10-14(8-7-13(15)11-18(12)25-2)19(22)21-17-6-4-3-5-16(17)20(23)24/h3-6,9-11H,7-8H2,1-2H3,(H,21,22)(H,23,24). The van der Waals surface area contributed by atoms with Crippen LogP contribution in [-0.2, 0) is 11.2 Å². The summed E-state index contributed by atoms with van der Waals surface area (Å²) in [5, 5.41) is 11.9. The highest BCUT2D eigenvalue weighted by Crippen LogP contribution is 2.30. The van der Waals surface area contributed by atoms with Crippen molar-refractivity contribution in [3.8, 4) is 5.75 Å². The van der Waals surface area contributed by atoms with Crippen molar-refractivity contribution in [2.45, 2.75) is 19.8 Å².